The fraction of sp³-hybridized carbons (Fsp3) is 0.250. The first-order chi connectivity index (χ1) is 10.5. The topological polar surface area (TPSA) is 46.6 Å². The van der Waals surface area contributed by atoms with Gasteiger partial charge in [0, 0.05) is 12.5 Å². The third-order valence-electron chi connectivity index (χ3n) is 4.10. The molecule has 1 aliphatic carbocycles. The Labute approximate surface area is 130 Å². The van der Waals surface area contributed by atoms with Crippen LogP contribution in [-0.2, 0) is 20.7 Å². The fourth-order valence-electron chi connectivity index (χ4n) is 2.78. The van der Waals surface area contributed by atoms with Crippen LogP contribution in [0.4, 0.5) is 10.1 Å². The summed E-state index contributed by atoms with van der Waals surface area (Å²) in [7, 11) is -1.41. The van der Waals surface area contributed by atoms with E-state index in [9.17, 15) is 12.8 Å². The summed E-state index contributed by atoms with van der Waals surface area (Å²) in [5.41, 5.74) is 2.70. The molecule has 0 atom stereocenters. The minimum absolute atomic E-state index is 0.107. The lowest BCUT2D eigenvalue weighted by Gasteiger charge is -2.20. The number of nitrogens with zero attached hydrogens (tertiary/aromatic N) is 1. The van der Waals surface area contributed by atoms with Gasteiger partial charge < -0.3 is 0 Å². The number of hydroxylamine groups is 1. The standard InChI is InChI=1S/C16H16FNO3S/c1-18(21-22(19)20)15-4-2-3-13(11-15)16(9-10-16)12-5-7-14(17)8-6-12/h2-8,11,22H,9-10H2,1H3. The molecule has 0 heterocycles. The second-order valence-corrected chi connectivity index (χ2v) is 6.05. The van der Waals surface area contributed by atoms with Gasteiger partial charge in [-0.2, -0.15) is 4.28 Å². The molecule has 6 heteroatoms. The zero-order chi connectivity index (χ0) is 15.7. The minimum atomic E-state index is -2.95. The maximum absolute atomic E-state index is 13.1. The van der Waals surface area contributed by atoms with Crippen molar-refractivity contribution in [1.29, 1.82) is 0 Å². The molecule has 2 aromatic carbocycles. The normalized spacial score (nSPS) is 15.8. The summed E-state index contributed by atoms with van der Waals surface area (Å²) >= 11 is 0. The Morgan fingerprint density at radius 1 is 1.09 bits per heavy atom. The van der Waals surface area contributed by atoms with Crippen molar-refractivity contribution in [3.63, 3.8) is 0 Å². The van der Waals surface area contributed by atoms with Crippen molar-refractivity contribution in [2.24, 2.45) is 0 Å². The number of thiol groups is 1. The van der Waals surface area contributed by atoms with Gasteiger partial charge in [0.15, 0.2) is 0 Å². The lowest BCUT2D eigenvalue weighted by molar-refractivity contribution is 0.320. The van der Waals surface area contributed by atoms with E-state index in [1.807, 2.05) is 30.3 Å². The molecule has 4 nitrogen and oxygen atoms in total. The Morgan fingerprint density at radius 2 is 1.77 bits per heavy atom. The van der Waals surface area contributed by atoms with E-state index in [0.717, 1.165) is 24.0 Å². The molecule has 0 bridgehead atoms. The van der Waals surface area contributed by atoms with Crippen molar-refractivity contribution in [3.05, 3.63) is 65.5 Å². The van der Waals surface area contributed by atoms with Crippen LogP contribution < -0.4 is 5.06 Å². The first-order valence-corrected chi connectivity index (χ1v) is 8.04. The van der Waals surface area contributed by atoms with Crippen LogP contribution >= 0.6 is 0 Å². The second kappa shape index (κ2) is 5.70. The summed E-state index contributed by atoms with van der Waals surface area (Å²) in [6.07, 6.45) is 1.98. The van der Waals surface area contributed by atoms with E-state index in [1.54, 1.807) is 13.1 Å². The highest BCUT2D eigenvalue weighted by atomic mass is 32.2. The first-order valence-electron chi connectivity index (χ1n) is 6.94. The highest BCUT2D eigenvalue weighted by molar-refractivity contribution is 7.67. The summed E-state index contributed by atoms with van der Waals surface area (Å²) in [6.45, 7) is 0. The maximum atomic E-state index is 13.1. The number of hydrogen-bond donors (Lipinski definition) is 1. The largest absolute Gasteiger partial charge is 0.277 e. The van der Waals surface area contributed by atoms with Gasteiger partial charge in [-0.25, -0.2) is 17.9 Å². The van der Waals surface area contributed by atoms with Gasteiger partial charge in [0.2, 0.25) is 0 Å². The lowest BCUT2D eigenvalue weighted by Crippen LogP contribution is -2.17. The zero-order valence-electron chi connectivity index (χ0n) is 12.0. The third kappa shape index (κ3) is 2.84. The van der Waals surface area contributed by atoms with Crippen LogP contribution in [-0.4, -0.2) is 15.5 Å². The van der Waals surface area contributed by atoms with Crippen molar-refractivity contribution < 1.29 is 17.1 Å². The molecule has 0 saturated heterocycles. The van der Waals surface area contributed by atoms with Crippen molar-refractivity contribution in [2.45, 2.75) is 18.3 Å². The molecule has 0 radical (unpaired) electrons. The summed E-state index contributed by atoms with van der Waals surface area (Å²) in [5, 5.41) is 1.22. The van der Waals surface area contributed by atoms with Gasteiger partial charge >= 0.3 is 0 Å². The first kappa shape index (κ1) is 15.0. The molecule has 3 rings (SSSR count). The van der Waals surface area contributed by atoms with E-state index in [-0.39, 0.29) is 11.2 Å². The molecule has 1 saturated carbocycles. The molecule has 0 unspecified atom stereocenters. The van der Waals surface area contributed by atoms with Crippen LogP contribution in [0.2, 0.25) is 0 Å². The average molecular weight is 321 g/mol. The maximum Gasteiger partial charge on any atom is 0.277 e. The highest BCUT2D eigenvalue weighted by Gasteiger charge is 2.45. The van der Waals surface area contributed by atoms with Gasteiger partial charge in [-0.3, -0.25) is 0 Å². The van der Waals surface area contributed by atoms with Crippen LogP contribution in [0.5, 0.6) is 0 Å². The van der Waals surface area contributed by atoms with E-state index in [2.05, 4.69) is 4.28 Å². The van der Waals surface area contributed by atoms with Gasteiger partial charge in [-0.15, -0.1) is 0 Å². The highest BCUT2D eigenvalue weighted by Crippen LogP contribution is 2.53. The number of rotatable bonds is 5. The summed E-state index contributed by atoms with van der Waals surface area (Å²) in [5.74, 6) is -0.249. The molecule has 0 N–H and O–H groups in total. The molecule has 0 amide bonds. The SMILES string of the molecule is CN(O[SH](=O)=O)c1cccc(C2(c3ccc(F)cc3)CC2)c1. The van der Waals surface area contributed by atoms with Crippen LogP contribution in [0, 0.1) is 5.82 Å². The van der Waals surface area contributed by atoms with Crippen LogP contribution in [0.15, 0.2) is 48.5 Å². The van der Waals surface area contributed by atoms with E-state index in [1.165, 1.54) is 17.2 Å². The minimum Gasteiger partial charge on any atom is -0.240 e. The molecule has 1 fully saturated rings. The summed E-state index contributed by atoms with van der Waals surface area (Å²) < 4.78 is 39.1. The van der Waals surface area contributed by atoms with Crippen molar-refractivity contribution in [2.75, 3.05) is 12.1 Å². The van der Waals surface area contributed by atoms with E-state index < -0.39 is 11.0 Å². The Hall–Kier alpha value is -1.92. The molecule has 0 aliphatic heterocycles. The predicted octanol–water partition coefficient (Wildman–Crippen LogP) is 2.80. The molecule has 0 aromatic heterocycles. The van der Waals surface area contributed by atoms with Crippen molar-refractivity contribution in [3.8, 4) is 0 Å². The molecule has 0 spiro atoms. The molecule has 1 aliphatic rings. The molecule has 116 valence electrons. The van der Waals surface area contributed by atoms with Gasteiger partial charge in [-0.1, -0.05) is 24.3 Å². The number of hydrogen-bond acceptors (Lipinski definition) is 4. The van der Waals surface area contributed by atoms with Crippen LogP contribution in [0.3, 0.4) is 0 Å². The lowest BCUT2D eigenvalue weighted by atomic mass is 9.88. The zero-order valence-corrected chi connectivity index (χ0v) is 12.9. The third-order valence-corrected chi connectivity index (χ3v) is 4.48. The molecule has 22 heavy (non-hydrogen) atoms. The van der Waals surface area contributed by atoms with Gasteiger partial charge in [0.1, 0.15) is 5.82 Å². The fourth-order valence-corrected chi connectivity index (χ4v) is 3.08. The molecular formula is C16H16FNO3S. The van der Waals surface area contributed by atoms with E-state index >= 15 is 0 Å². The summed E-state index contributed by atoms with van der Waals surface area (Å²) in [4.78, 5) is 0. The van der Waals surface area contributed by atoms with Crippen molar-refractivity contribution in [1.82, 2.24) is 0 Å². The molecule has 2 aromatic rings. The number of halogens is 1. The number of benzene rings is 2. The van der Waals surface area contributed by atoms with Crippen LogP contribution in [0.1, 0.15) is 24.0 Å². The van der Waals surface area contributed by atoms with Gasteiger partial charge in [0.05, 0.1) is 5.69 Å². The monoisotopic (exact) mass is 321 g/mol. The van der Waals surface area contributed by atoms with Gasteiger partial charge in [0.25, 0.3) is 11.0 Å². The smallest absolute Gasteiger partial charge is 0.240 e. The van der Waals surface area contributed by atoms with Crippen LogP contribution in [0.25, 0.3) is 0 Å². The Morgan fingerprint density at radius 3 is 2.36 bits per heavy atom. The quantitative estimate of drug-likeness (QED) is 0.679. The Kier molecular flexibility index (Phi) is 3.88. The van der Waals surface area contributed by atoms with Crippen molar-refractivity contribution >= 4 is 16.7 Å². The number of anilines is 1. The van der Waals surface area contributed by atoms with E-state index in [0.29, 0.717) is 5.69 Å². The van der Waals surface area contributed by atoms with Gasteiger partial charge in [-0.05, 0) is 48.2 Å². The van der Waals surface area contributed by atoms with E-state index in [4.69, 9.17) is 0 Å². The summed E-state index contributed by atoms with van der Waals surface area (Å²) in [6, 6.07) is 14.1. The molecular weight excluding hydrogens is 305 g/mol. The average Bonchev–Trinajstić information content (AvgIpc) is 3.29. The predicted molar refractivity (Wildman–Crippen MR) is 82.7 cm³/mol. The Bertz CT molecular complexity index is 746. The Balaban J connectivity index is 1.93. The second-order valence-electron chi connectivity index (χ2n) is 5.44.